The van der Waals surface area contributed by atoms with E-state index in [-0.39, 0.29) is 23.4 Å². The molecular formula is C21H19F5N4O. The van der Waals surface area contributed by atoms with Gasteiger partial charge in [0.1, 0.15) is 18.0 Å². The van der Waals surface area contributed by atoms with Crippen molar-refractivity contribution in [1.82, 2.24) is 14.5 Å². The molecule has 0 radical (unpaired) electrons. The van der Waals surface area contributed by atoms with Crippen molar-refractivity contribution in [3.63, 3.8) is 0 Å². The first-order valence-electron chi connectivity index (χ1n) is 9.68. The quantitative estimate of drug-likeness (QED) is 0.539. The van der Waals surface area contributed by atoms with Gasteiger partial charge in [0.2, 0.25) is 6.43 Å². The number of hydrogen-bond donors (Lipinski definition) is 1. The van der Waals surface area contributed by atoms with E-state index < -0.39 is 47.8 Å². The van der Waals surface area contributed by atoms with Crippen molar-refractivity contribution in [2.24, 2.45) is 5.92 Å². The Balaban J connectivity index is 1.74. The van der Waals surface area contributed by atoms with E-state index in [1.165, 1.54) is 29.2 Å². The molecule has 1 fully saturated rings. The highest BCUT2D eigenvalue weighted by molar-refractivity contribution is 5.90. The summed E-state index contributed by atoms with van der Waals surface area (Å²) in [4.78, 5) is 20.9. The number of fused-ring (bicyclic) bond motifs is 1. The van der Waals surface area contributed by atoms with Gasteiger partial charge in [0.05, 0.1) is 22.5 Å². The maximum atomic E-state index is 14.5. The van der Waals surface area contributed by atoms with Gasteiger partial charge in [-0.15, -0.1) is 0 Å². The zero-order chi connectivity index (χ0) is 22.4. The predicted molar refractivity (Wildman–Crippen MR) is 105 cm³/mol. The molecule has 4 rings (SSSR count). The molecule has 2 aromatic heterocycles. The van der Waals surface area contributed by atoms with Crippen LogP contribution in [0, 0.1) is 18.7 Å². The molecule has 2 unspecified atom stereocenters. The molecule has 2 heterocycles. The number of nitrogens with zero attached hydrogens (tertiary/aromatic N) is 3. The van der Waals surface area contributed by atoms with Crippen molar-refractivity contribution >= 4 is 16.7 Å². The summed E-state index contributed by atoms with van der Waals surface area (Å²) in [7, 11) is 0. The number of halogens is 5. The van der Waals surface area contributed by atoms with Crippen LogP contribution in [0.25, 0.3) is 10.9 Å². The van der Waals surface area contributed by atoms with Crippen LogP contribution in [0.5, 0.6) is 0 Å². The largest absolute Gasteiger partial charge is 0.363 e. The lowest BCUT2D eigenvalue weighted by Crippen LogP contribution is -2.23. The number of pyridine rings is 1. The zero-order valence-electron chi connectivity index (χ0n) is 16.6. The summed E-state index contributed by atoms with van der Waals surface area (Å²) in [5.74, 6) is -1.66. The van der Waals surface area contributed by atoms with Gasteiger partial charge in [-0.25, -0.2) is 31.9 Å². The van der Waals surface area contributed by atoms with Crippen LogP contribution in [-0.4, -0.2) is 21.0 Å². The van der Waals surface area contributed by atoms with Gasteiger partial charge < -0.3 is 9.88 Å². The lowest BCUT2D eigenvalue weighted by molar-refractivity contribution is 0.116. The first-order valence-corrected chi connectivity index (χ1v) is 9.68. The van der Waals surface area contributed by atoms with E-state index in [2.05, 4.69) is 15.3 Å². The fraction of sp³-hybridized carbons (Fsp3) is 0.381. The SMILES string of the molecule is Cc1c(=O)n(C2CC2C(F)F)cc2c(N[C@H](C)c3cccc(C(F)F)c3F)ncnc12. The molecule has 0 aliphatic heterocycles. The summed E-state index contributed by atoms with van der Waals surface area (Å²) in [5, 5.41) is 3.38. The molecule has 3 aromatic rings. The van der Waals surface area contributed by atoms with Gasteiger partial charge in [-0.3, -0.25) is 4.79 Å². The molecule has 10 heteroatoms. The van der Waals surface area contributed by atoms with Crippen molar-refractivity contribution in [1.29, 1.82) is 0 Å². The Morgan fingerprint density at radius 1 is 1.16 bits per heavy atom. The molecule has 1 aliphatic rings. The lowest BCUT2D eigenvalue weighted by Gasteiger charge is -2.19. The van der Waals surface area contributed by atoms with Crippen LogP contribution in [0.15, 0.2) is 35.5 Å². The van der Waals surface area contributed by atoms with E-state index in [9.17, 15) is 26.7 Å². The normalized spacial score (nSPS) is 19.3. The fourth-order valence-corrected chi connectivity index (χ4v) is 3.82. The van der Waals surface area contributed by atoms with Crippen molar-refractivity contribution < 1.29 is 22.0 Å². The molecule has 1 N–H and O–H groups in total. The third-order valence-electron chi connectivity index (χ3n) is 5.66. The molecule has 0 amide bonds. The first kappa shape index (κ1) is 21.2. The van der Waals surface area contributed by atoms with Crippen molar-refractivity contribution in [3.05, 3.63) is 63.6 Å². The van der Waals surface area contributed by atoms with Crippen molar-refractivity contribution in [2.75, 3.05) is 5.32 Å². The second kappa shape index (κ2) is 7.90. The third-order valence-corrected chi connectivity index (χ3v) is 5.66. The molecule has 31 heavy (non-hydrogen) atoms. The van der Waals surface area contributed by atoms with Gasteiger partial charge in [-0.2, -0.15) is 0 Å². The van der Waals surface area contributed by atoms with Gasteiger partial charge in [-0.05, 0) is 20.3 Å². The molecule has 0 bridgehead atoms. The van der Waals surface area contributed by atoms with Gasteiger partial charge in [0, 0.05) is 29.3 Å². The highest BCUT2D eigenvalue weighted by Gasteiger charge is 2.46. The van der Waals surface area contributed by atoms with E-state index in [4.69, 9.17) is 0 Å². The molecule has 0 saturated heterocycles. The van der Waals surface area contributed by atoms with E-state index in [0.717, 1.165) is 6.07 Å². The minimum absolute atomic E-state index is 0.0227. The average molecular weight is 438 g/mol. The number of anilines is 1. The molecule has 1 saturated carbocycles. The maximum absolute atomic E-state index is 14.5. The van der Waals surface area contributed by atoms with E-state index in [1.54, 1.807) is 13.8 Å². The Hall–Kier alpha value is -3.04. The van der Waals surface area contributed by atoms with Crippen LogP contribution < -0.4 is 10.9 Å². The second-order valence-corrected chi connectivity index (χ2v) is 7.67. The molecule has 5 nitrogen and oxygen atoms in total. The van der Waals surface area contributed by atoms with Gasteiger partial charge in [0.15, 0.2) is 0 Å². The smallest absolute Gasteiger partial charge is 0.266 e. The molecule has 0 spiro atoms. The van der Waals surface area contributed by atoms with Crippen molar-refractivity contribution in [2.45, 2.75) is 45.2 Å². The van der Waals surface area contributed by atoms with Crippen molar-refractivity contribution in [3.8, 4) is 0 Å². The van der Waals surface area contributed by atoms with Crippen LogP contribution >= 0.6 is 0 Å². The highest BCUT2D eigenvalue weighted by atomic mass is 19.3. The van der Waals surface area contributed by atoms with E-state index >= 15 is 0 Å². The van der Waals surface area contributed by atoms with E-state index in [1.807, 2.05) is 0 Å². The number of nitrogens with one attached hydrogen (secondary N) is 1. The first-order chi connectivity index (χ1) is 14.7. The van der Waals surface area contributed by atoms with Gasteiger partial charge in [-0.1, -0.05) is 18.2 Å². The van der Waals surface area contributed by atoms with Crippen LogP contribution in [0.3, 0.4) is 0 Å². The van der Waals surface area contributed by atoms with Gasteiger partial charge in [0.25, 0.3) is 12.0 Å². The number of aryl methyl sites for hydroxylation is 1. The van der Waals surface area contributed by atoms with Crippen LogP contribution in [-0.2, 0) is 0 Å². The summed E-state index contributed by atoms with van der Waals surface area (Å²) >= 11 is 0. The minimum atomic E-state index is -2.95. The van der Waals surface area contributed by atoms with Crippen LogP contribution in [0.1, 0.15) is 48.5 Å². The topological polar surface area (TPSA) is 59.8 Å². The number of aromatic nitrogens is 3. The average Bonchev–Trinajstić information content (AvgIpc) is 3.52. The lowest BCUT2D eigenvalue weighted by atomic mass is 10.0. The standard InChI is InChI=1S/C21H19F5N4O/c1-9-17-14(7-30(21(9)31)15-6-13(15)19(25)26)20(28-8-27-17)29-10(2)11-4-3-5-12(16(11)22)18(23)24/h3-5,7-8,10,13,15,18-19H,6H2,1-2H3,(H,27,28,29)/t10-,13?,15?/m1/s1. The molecule has 1 aliphatic carbocycles. The number of hydrogen-bond acceptors (Lipinski definition) is 4. The van der Waals surface area contributed by atoms with Crippen LogP contribution in [0.2, 0.25) is 0 Å². The summed E-state index contributed by atoms with van der Waals surface area (Å²) in [5.41, 5.74) is -0.470. The Bertz CT molecular complexity index is 1200. The fourth-order valence-electron chi connectivity index (χ4n) is 3.82. The summed E-state index contributed by atoms with van der Waals surface area (Å²) in [6, 6.07) is 2.40. The van der Waals surface area contributed by atoms with E-state index in [0.29, 0.717) is 10.9 Å². The summed E-state index contributed by atoms with van der Waals surface area (Å²) in [6.07, 6.45) is -2.63. The molecule has 1 aromatic carbocycles. The maximum Gasteiger partial charge on any atom is 0.266 e. The number of rotatable bonds is 6. The number of benzene rings is 1. The number of alkyl halides is 4. The highest BCUT2D eigenvalue weighted by Crippen LogP contribution is 2.47. The predicted octanol–water partition coefficient (Wildman–Crippen LogP) is 5.18. The summed E-state index contributed by atoms with van der Waals surface area (Å²) < 4.78 is 67.9. The Morgan fingerprint density at radius 2 is 1.87 bits per heavy atom. The Morgan fingerprint density at radius 3 is 2.52 bits per heavy atom. The molecule has 3 atom stereocenters. The summed E-state index contributed by atoms with van der Waals surface area (Å²) in [6.45, 7) is 3.13. The van der Waals surface area contributed by atoms with Crippen LogP contribution in [0.4, 0.5) is 27.8 Å². The van der Waals surface area contributed by atoms with Gasteiger partial charge >= 0.3 is 0 Å². The monoisotopic (exact) mass is 438 g/mol. The Kier molecular flexibility index (Phi) is 5.40. The third kappa shape index (κ3) is 3.75. The molecule has 164 valence electrons. The zero-order valence-corrected chi connectivity index (χ0v) is 16.6. The molecular weight excluding hydrogens is 419 g/mol. The second-order valence-electron chi connectivity index (χ2n) is 7.67. The Labute approximate surface area is 173 Å². The minimum Gasteiger partial charge on any atom is -0.363 e.